The van der Waals surface area contributed by atoms with Crippen LogP contribution in [0.25, 0.3) is 0 Å². The number of nitrogens with one attached hydrogen (secondary N) is 1. The molecule has 4 heteroatoms. The van der Waals surface area contributed by atoms with E-state index in [-0.39, 0.29) is 6.61 Å². The van der Waals surface area contributed by atoms with E-state index in [4.69, 9.17) is 5.11 Å². The standard InChI is InChI=1S/C16H35N3O/c1-5-17-15(16(2,3)4)7-10-18-8-6-9-19(12-11-18)13-14-20/h15,17,20H,5-14H2,1-4H3. The maximum absolute atomic E-state index is 9.04. The van der Waals surface area contributed by atoms with Gasteiger partial charge in [0, 0.05) is 25.7 Å². The van der Waals surface area contributed by atoms with Gasteiger partial charge in [0.15, 0.2) is 0 Å². The van der Waals surface area contributed by atoms with E-state index in [1.165, 1.54) is 25.9 Å². The van der Waals surface area contributed by atoms with E-state index >= 15 is 0 Å². The smallest absolute Gasteiger partial charge is 0.0558 e. The Morgan fingerprint density at radius 2 is 1.65 bits per heavy atom. The summed E-state index contributed by atoms with van der Waals surface area (Å²) in [5, 5.41) is 12.7. The van der Waals surface area contributed by atoms with E-state index in [0.717, 1.165) is 32.7 Å². The molecule has 1 aliphatic rings. The lowest BCUT2D eigenvalue weighted by Crippen LogP contribution is -2.43. The summed E-state index contributed by atoms with van der Waals surface area (Å²) >= 11 is 0. The van der Waals surface area contributed by atoms with Gasteiger partial charge in [0.25, 0.3) is 0 Å². The average molecular weight is 285 g/mol. The molecule has 0 spiro atoms. The maximum Gasteiger partial charge on any atom is 0.0558 e. The molecule has 0 amide bonds. The molecule has 0 aromatic carbocycles. The van der Waals surface area contributed by atoms with E-state index in [1.807, 2.05) is 0 Å². The molecule has 0 bridgehead atoms. The third kappa shape index (κ3) is 6.53. The molecule has 0 radical (unpaired) electrons. The van der Waals surface area contributed by atoms with E-state index in [1.54, 1.807) is 0 Å². The first-order valence-corrected chi connectivity index (χ1v) is 8.26. The highest BCUT2D eigenvalue weighted by Gasteiger charge is 2.24. The Labute approximate surface area is 125 Å². The van der Waals surface area contributed by atoms with Crippen LogP contribution in [0.15, 0.2) is 0 Å². The Balaban J connectivity index is 2.36. The minimum atomic E-state index is 0.284. The van der Waals surface area contributed by atoms with Crippen LogP contribution in [0.5, 0.6) is 0 Å². The first-order valence-electron chi connectivity index (χ1n) is 8.26. The van der Waals surface area contributed by atoms with Crippen LogP contribution in [0, 0.1) is 5.41 Å². The second kappa shape index (κ2) is 8.98. The van der Waals surface area contributed by atoms with Gasteiger partial charge in [0.05, 0.1) is 6.61 Å². The molecular weight excluding hydrogens is 250 g/mol. The van der Waals surface area contributed by atoms with Crippen molar-refractivity contribution in [3.63, 3.8) is 0 Å². The molecule has 1 fully saturated rings. The molecule has 1 saturated heterocycles. The number of β-amino-alcohol motifs (C(OH)–C–C–N with tert-alkyl or cyclic N) is 1. The summed E-state index contributed by atoms with van der Waals surface area (Å²) in [5.41, 5.74) is 0.324. The fourth-order valence-electron chi connectivity index (χ4n) is 3.01. The fraction of sp³-hybridized carbons (Fsp3) is 1.00. The first-order chi connectivity index (χ1) is 9.47. The zero-order valence-electron chi connectivity index (χ0n) is 14.0. The lowest BCUT2D eigenvalue weighted by molar-refractivity contribution is 0.188. The lowest BCUT2D eigenvalue weighted by atomic mass is 9.84. The quantitative estimate of drug-likeness (QED) is 0.742. The number of aliphatic hydroxyl groups is 1. The molecular formula is C16H35N3O. The normalized spacial score (nSPS) is 20.9. The number of nitrogens with zero attached hydrogens (tertiary/aromatic N) is 2. The van der Waals surface area contributed by atoms with Gasteiger partial charge < -0.3 is 15.3 Å². The average Bonchev–Trinajstić information content (AvgIpc) is 2.59. The van der Waals surface area contributed by atoms with Gasteiger partial charge in [-0.15, -0.1) is 0 Å². The fourth-order valence-corrected chi connectivity index (χ4v) is 3.01. The maximum atomic E-state index is 9.04. The van der Waals surface area contributed by atoms with Crippen LogP contribution >= 0.6 is 0 Å². The molecule has 0 aromatic heterocycles. The van der Waals surface area contributed by atoms with Gasteiger partial charge in [0.1, 0.15) is 0 Å². The Kier molecular flexibility index (Phi) is 8.03. The summed E-state index contributed by atoms with van der Waals surface area (Å²) in [6.07, 6.45) is 2.44. The lowest BCUT2D eigenvalue weighted by Gasteiger charge is -2.33. The molecule has 1 atom stereocenters. The predicted molar refractivity (Wildman–Crippen MR) is 86.1 cm³/mol. The summed E-state index contributed by atoms with van der Waals surface area (Å²) in [6.45, 7) is 17.1. The Hall–Kier alpha value is -0.160. The summed E-state index contributed by atoms with van der Waals surface area (Å²) in [7, 11) is 0. The first kappa shape index (κ1) is 17.9. The van der Waals surface area contributed by atoms with Gasteiger partial charge in [-0.1, -0.05) is 27.7 Å². The van der Waals surface area contributed by atoms with Crippen LogP contribution in [0.2, 0.25) is 0 Å². The molecule has 1 rings (SSSR count). The highest BCUT2D eigenvalue weighted by Crippen LogP contribution is 2.22. The van der Waals surface area contributed by atoms with E-state index in [2.05, 4.69) is 42.8 Å². The molecule has 4 nitrogen and oxygen atoms in total. The Morgan fingerprint density at radius 3 is 2.15 bits per heavy atom. The van der Waals surface area contributed by atoms with Crippen molar-refractivity contribution in [3.05, 3.63) is 0 Å². The molecule has 20 heavy (non-hydrogen) atoms. The van der Waals surface area contributed by atoms with Crippen LogP contribution in [-0.2, 0) is 0 Å². The van der Waals surface area contributed by atoms with Gasteiger partial charge in [-0.05, 0) is 44.4 Å². The van der Waals surface area contributed by atoms with E-state index < -0.39 is 0 Å². The van der Waals surface area contributed by atoms with Gasteiger partial charge >= 0.3 is 0 Å². The zero-order valence-corrected chi connectivity index (χ0v) is 14.0. The predicted octanol–water partition coefficient (Wildman–Crippen LogP) is 1.40. The van der Waals surface area contributed by atoms with E-state index in [9.17, 15) is 0 Å². The van der Waals surface area contributed by atoms with Crippen LogP contribution in [0.3, 0.4) is 0 Å². The number of hydrogen-bond donors (Lipinski definition) is 2. The Bertz CT molecular complexity index is 253. The summed E-state index contributed by atoms with van der Waals surface area (Å²) in [4.78, 5) is 4.97. The SMILES string of the molecule is CCNC(CCN1CCCN(CCO)CC1)C(C)(C)C. The molecule has 0 aliphatic carbocycles. The molecule has 1 heterocycles. The van der Waals surface area contributed by atoms with Crippen LogP contribution in [0.1, 0.15) is 40.5 Å². The van der Waals surface area contributed by atoms with Crippen molar-refractivity contribution < 1.29 is 5.11 Å². The van der Waals surface area contributed by atoms with Crippen molar-refractivity contribution in [2.45, 2.75) is 46.6 Å². The van der Waals surface area contributed by atoms with Crippen LogP contribution in [0.4, 0.5) is 0 Å². The monoisotopic (exact) mass is 285 g/mol. The van der Waals surface area contributed by atoms with Crippen LogP contribution < -0.4 is 5.32 Å². The zero-order chi connectivity index (χ0) is 15.0. The van der Waals surface area contributed by atoms with E-state index in [0.29, 0.717) is 11.5 Å². The minimum absolute atomic E-state index is 0.284. The highest BCUT2D eigenvalue weighted by molar-refractivity contribution is 4.81. The van der Waals surface area contributed by atoms with Crippen molar-refractivity contribution in [1.29, 1.82) is 0 Å². The molecule has 1 unspecified atom stereocenters. The highest BCUT2D eigenvalue weighted by atomic mass is 16.3. The van der Waals surface area contributed by atoms with Gasteiger partial charge in [-0.2, -0.15) is 0 Å². The molecule has 1 aliphatic heterocycles. The third-order valence-corrected chi connectivity index (χ3v) is 4.33. The molecule has 0 saturated carbocycles. The third-order valence-electron chi connectivity index (χ3n) is 4.33. The number of rotatable bonds is 7. The van der Waals surface area contributed by atoms with Gasteiger partial charge in [-0.3, -0.25) is 4.90 Å². The summed E-state index contributed by atoms with van der Waals surface area (Å²) in [6, 6.07) is 0.587. The van der Waals surface area contributed by atoms with Crippen LogP contribution in [-0.4, -0.2) is 73.4 Å². The topological polar surface area (TPSA) is 38.7 Å². The van der Waals surface area contributed by atoms with Crippen molar-refractivity contribution in [3.8, 4) is 0 Å². The van der Waals surface area contributed by atoms with Crippen molar-refractivity contribution in [1.82, 2.24) is 15.1 Å². The second-order valence-electron chi connectivity index (χ2n) is 7.03. The van der Waals surface area contributed by atoms with Crippen molar-refractivity contribution in [2.24, 2.45) is 5.41 Å². The summed E-state index contributed by atoms with van der Waals surface area (Å²) in [5.74, 6) is 0. The number of aliphatic hydroxyl groups excluding tert-OH is 1. The second-order valence-corrected chi connectivity index (χ2v) is 7.03. The minimum Gasteiger partial charge on any atom is -0.395 e. The molecule has 2 N–H and O–H groups in total. The summed E-state index contributed by atoms with van der Waals surface area (Å²) < 4.78 is 0. The largest absolute Gasteiger partial charge is 0.395 e. The molecule has 120 valence electrons. The van der Waals surface area contributed by atoms with Crippen molar-refractivity contribution in [2.75, 3.05) is 52.4 Å². The van der Waals surface area contributed by atoms with Gasteiger partial charge in [0.2, 0.25) is 0 Å². The van der Waals surface area contributed by atoms with Crippen molar-refractivity contribution >= 4 is 0 Å². The number of hydrogen-bond acceptors (Lipinski definition) is 4. The molecule has 0 aromatic rings. The Morgan fingerprint density at radius 1 is 1.05 bits per heavy atom. The van der Waals surface area contributed by atoms with Gasteiger partial charge in [-0.25, -0.2) is 0 Å².